The van der Waals surface area contributed by atoms with Crippen LogP contribution in [0.5, 0.6) is 0 Å². The van der Waals surface area contributed by atoms with Gasteiger partial charge in [-0.3, -0.25) is 4.79 Å². The summed E-state index contributed by atoms with van der Waals surface area (Å²) in [7, 11) is 0. The molecule has 1 aliphatic heterocycles. The van der Waals surface area contributed by atoms with Crippen LogP contribution in [0.4, 0.5) is 0 Å². The minimum Gasteiger partial charge on any atom is -0.352 e. The number of thiophene rings is 1. The van der Waals surface area contributed by atoms with E-state index in [4.69, 9.17) is 11.6 Å². The van der Waals surface area contributed by atoms with Crippen LogP contribution in [0.2, 0.25) is 5.02 Å². The van der Waals surface area contributed by atoms with Crippen molar-refractivity contribution in [2.45, 2.75) is 25.4 Å². The molecule has 82 valence electrons. The van der Waals surface area contributed by atoms with Crippen molar-refractivity contribution in [3.8, 4) is 0 Å². The van der Waals surface area contributed by atoms with Gasteiger partial charge in [-0.15, -0.1) is 11.3 Å². The molecule has 5 heteroatoms. The quantitative estimate of drug-likeness (QED) is 0.848. The average molecular weight is 245 g/mol. The predicted octanol–water partition coefficient (Wildman–Crippen LogP) is 1.77. The Kier molecular flexibility index (Phi) is 3.61. The van der Waals surface area contributed by atoms with E-state index in [9.17, 15) is 4.79 Å². The Morgan fingerprint density at radius 3 is 3.13 bits per heavy atom. The van der Waals surface area contributed by atoms with Crippen LogP contribution in [0.1, 0.15) is 17.7 Å². The zero-order valence-corrected chi connectivity index (χ0v) is 9.83. The van der Waals surface area contributed by atoms with Crippen molar-refractivity contribution in [1.82, 2.24) is 10.6 Å². The van der Waals surface area contributed by atoms with Gasteiger partial charge in [0.15, 0.2) is 0 Å². The van der Waals surface area contributed by atoms with Gasteiger partial charge in [-0.2, -0.15) is 0 Å². The third kappa shape index (κ3) is 3.19. The molecule has 3 nitrogen and oxygen atoms in total. The fourth-order valence-electron chi connectivity index (χ4n) is 1.65. The van der Waals surface area contributed by atoms with E-state index < -0.39 is 0 Å². The lowest BCUT2D eigenvalue weighted by molar-refractivity contribution is -0.119. The van der Waals surface area contributed by atoms with Gasteiger partial charge in [0.1, 0.15) is 0 Å². The molecule has 1 aromatic rings. The summed E-state index contributed by atoms with van der Waals surface area (Å²) in [6.07, 6.45) is 1.61. The summed E-state index contributed by atoms with van der Waals surface area (Å²) in [4.78, 5) is 12.2. The van der Waals surface area contributed by atoms with Crippen LogP contribution in [0.15, 0.2) is 11.4 Å². The lowest BCUT2D eigenvalue weighted by Gasteiger charge is -2.10. The van der Waals surface area contributed by atoms with E-state index in [-0.39, 0.29) is 5.91 Å². The topological polar surface area (TPSA) is 41.1 Å². The highest BCUT2D eigenvalue weighted by molar-refractivity contribution is 7.10. The number of amides is 1. The van der Waals surface area contributed by atoms with Gasteiger partial charge in [-0.25, -0.2) is 0 Å². The normalized spacial score (nSPS) is 20.6. The van der Waals surface area contributed by atoms with Crippen molar-refractivity contribution in [3.05, 3.63) is 21.3 Å². The van der Waals surface area contributed by atoms with Crippen LogP contribution in [0, 0.1) is 0 Å². The largest absolute Gasteiger partial charge is 0.352 e. The first kappa shape index (κ1) is 10.9. The number of hydrogen-bond acceptors (Lipinski definition) is 3. The number of hydrogen-bond donors (Lipinski definition) is 2. The summed E-state index contributed by atoms with van der Waals surface area (Å²) in [6.45, 7) is 1.66. The molecule has 15 heavy (non-hydrogen) atoms. The van der Waals surface area contributed by atoms with Gasteiger partial charge in [-0.05, 0) is 12.5 Å². The fraction of sp³-hybridized carbons (Fsp3) is 0.500. The molecular formula is C10H13ClN2OS. The molecule has 0 spiro atoms. The van der Waals surface area contributed by atoms with Crippen molar-refractivity contribution < 1.29 is 4.79 Å². The average Bonchev–Trinajstić information content (AvgIpc) is 2.76. The molecule has 0 aliphatic carbocycles. The monoisotopic (exact) mass is 244 g/mol. The second kappa shape index (κ2) is 4.96. The van der Waals surface area contributed by atoms with Gasteiger partial charge in [0, 0.05) is 35.8 Å². The maximum atomic E-state index is 10.9. The Balaban J connectivity index is 1.69. The van der Waals surface area contributed by atoms with Crippen LogP contribution in [0.3, 0.4) is 0 Å². The Bertz CT molecular complexity index is 353. The first-order chi connectivity index (χ1) is 7.24. The molecule has 1 amide bonds. The van der Waals surface area contributed by atoms with Crippen LogP contribution in [-0.2, 0) is 11.3 Å². The summed E-state index contributed by atoms with van der Waals surface area (Å²) < 4.78 is 0. The first-order valence-corrected chi connectivity index (χ1v) is 6.23. The van der Waals surface area contributed by atoms with Gasteiger partial charge < -0.3 is 10.6 Å². The third-order valence-electron chi connectivity index (χ3n) is 2.40. The molecule has 1 aliphatic rings. The standard InChI is InChI=1S/C10H13ClN2OS/c11-7-3-9(15-6-7)5-12-4-8-1-2-10(14)13-8/h3,6,8,12H,1-2,4-5H2,(H,13,14). The van der Waals surface area contributed by atoms with Crippen molar-refractivity contribution in [3.63, 3.8) is 0 Å². The van der Waals surface area contributed by atoms with Crippen molar-refractivity contribution in [2.75, 3.05) is 6.54 Å². The molecule has 0 bridgehead atoms. The van der Waals surface area contributed by atoms with Gasteiger partial charge >= 0.3 is 0 Å². The molecule has 0 radical (unpaired) electrons. The summed E-state index contributed by atoms with van der Waals surface area (Å²) >= 11 is 7.46. The molecule has 0 saturated carbocycles. The number of rotatable bonds is 4. The van der Waals surface area contributed by atoms with Crippen molar-refractivity contribution in [2.24, 2.45) is 0 Å². The summed E-state index contributed by atoms with van der Waals surface area (Å²) in [5.74, 6) is 0.168. The summed E-state index contributed by atoms with van der Waals surface area (Å²) in [6, 6.07) is 2.26. The van der Waals surface area contributed by atoms with Gasteiger partial charge in [-0.1, -0.05) is 11.6 Å². The van der Waals surface area contributed by atoms with Crippen LogP contribution in [-0.4, -0.2) is 18.5 Å². The molecule has 2 N–H and O–H groups in total. The first-order valence-electron chi connectivity index (χ1n) is 4.97. The Morgan fingerprint density at radius 1 is 1.67 bits per heavy atom. The maximum absolute atomic E-state index is 10.9. The maximum Gasteiger partial charge on any atom is 0.220 e. The zero-order valence-electron chi connectivity index (χ0n) is 8.25. The highest BCUT2D eigenvalue weighted by Gasteiger charge is 2.19. The predicted molar refractivity (Wildman–Crippen MR) is 62.2 cm³/mol. The molecule has 2 rings (SSSR count). The second-order valence-electron chi connectivity index (χ2n) is 3.67. The Morgan fingerprint density at radius 2 is 2.53 bits per heavy atom. The van der Waals surface area contributed by atoms with Gasteiger partial charge in [0.05, 0.1) is 5.02 Å². The lowest BCUT2D eigenvalue weighted by atomic mass is 10.2. The smallest absolute Gasteiger partial charge is 0.220 e. The summed E-state index contributed by atoms with van der Waals surface area (Å²) in [5.41, 5.74) is 0. The minimum atomic E-state index is 0.168. The second-order valence-corrected chi connectivity index (χ2v) is 5.10. The molecule has 1 saturated heterocycles. The van der Waals surface area contributed by atoms with Crippen LogP contribution >= 0.6 is 22.9 Å². The van der Waals surface area contributed by atoms with Gasteiger partial charge in [0.25, 0.3) is 0 Å². The zero-order chi connectivity index (χ0) is 10.7. The van der Waals surface area contributed by atoms with E-state index in [1.807, 2.05) is 11.4 Å². The number of carbonyl (C=O) groups excluding carboxylic acids is 1. The molecule has 0 aromatic carbocycles. The van der Waals surface area contributed by atoms with E-state index in [0.29, 0.717) is 12.5 Å². The van der Waals surface area contributed by atoms with E-state index in [1.54, 1.807) is 11.3 Å². The van der Waals surface area contributed by atoms with Crippen LogP contribution in [0.25, 0.3) is 0 Å². The fourth-order valence-corrected chi connectivity index (χ4v) is 2.69. The van der Waals surface area contributed by atoms with Crippen LogP contribution < -0.4 is 10.6 Å². The SMILES string of the molecule is O=C1CCC(CNCc2cc(Cl)cs2)N1. The Hall–Kier alpha value is -0.580. The van der Waals surface area contributed by atoms with E-state index >= 15 is 0 Å². The number of nitrogens with one attached hydrogen (secondary N) is 2. The molecular weight excluding hydrogens is 232 g/mol. The highest BCUT2D eigenvalue weighted by Crippen LogP contribution is 2.18. The van der Waals surface area contributed by atoms with Crippen molar-refractivity contribution in [1.29, 1.82) is 0 Å². The number of halogens is 1. The molecule has 1 fully saturated rings. The molecule has 1 unspecified atom stereocenters. The van der Waals surface area contributed by atoms with E-state index in [1.165, 1.54) is 4.88 Å². The van der Waals surface area contributed by atoms with Gasteiger partial charge in [0.2, 0.25) is 5.91 Å². The Labute approximate surface area is 97.8 Å². The third-order valence-corrected chi connectivity index (χ3v) is 3.68. The van der Waals surface area contributed by atoms with Crippen molar-refractivity contribution >= 4 is 28.8 Å². The highest BCUT2D eigenvalue weighted by atomic mass is 35.5. The number of carbonyl (C=O) groups is 1. The summed E-state index contributed by atoms with van der Waals surface area (Å²) in [5, 5.41) is 8.96. The lowest BCUT2D eigenvalue weighted by Crippen LogP contribution is -2.35. The molecule has 1 atom stereocenters. The minimum absolute atomic E-state index is 0.168. The van der Waals surface area contributed by atoms with E-state index in [2.05, 4.69) is 10.6 Å². The van der Waals surface area contributed by atoms with E-state index in [0.717, 1.165) is 24.5 Å². The molecule has 1 aromatic heterocycles. The molecule has 2 heterocycles.